The van der Waals surface area contributed by atoms with Crippen molar-refractivity contribution in [2.45, 2.75) is 91.1 Å². The van der Waals surface area contributed by atoms with Crippen LogP contribution in [0.15, 0.2) is 35.7 Å². The fourth-order valence-electron chi connectivity index (χ4n) is 5.10. The molecule has 1 aliphatic rings. The summed E-state index contributed by atoms with van der Waals surface area (Å²) < 4.78 is 8.03. The van der Waals surface area contributed by atoms with Crippen LogP contribution in [-0.4, -0.2) is 47.2 Å². The second-order valence-electron chi connectivity index (χ2n) is 11.5. The highest BCUT2D eigenvalue weighted by Gasteiger charge is 2.24. The van der Waals surface area contributed by atoms with Crippen LogP contribution in [0.2, 0.25) is 0 Å². The molecule has 0 saturated heterocycles. The van der Waals surface area contributed by atoms with Crippen LogP contribution in [0, 0.1) is 11.8 Å². The number of benzene rings is 1. The number of fused-ring (bicyclic) bond motifs is 1. The zero-order valence-electron chi connectivity index (χ0n) is 24.6. The van der Waals surface area contributed by atoms with Gasteiger partial charge in [-0.3, -0.25) is 9.59 Å². The average molecular weight is 567 g/mol. The van der Waals surface area contributed by atoms with Crippen molar-refractivity contribution in [2.75, 3.05) is 19.8 Å². The van der Waals surface area contributed by atoms with Crippen LogP contribution in [0.5, 0.6) is 0 Å². The number of ether oxygens (including phenoxy) is 1. The van der Waals surface area contributed by atoms with E-state index in [0.29, 0.717) is 37.1 Å². The number of hydrogen-bond acceptors (Lipinski definition) is 5. The number of hydrogen-bond donors (Lipinski definition) is 2. The number of amides is 2. The Balaban J connectivity index is 1.45. The summed E-state index contributed by atoms with van der Waals surface area (Å²) in [7, 11) is 0. The Bertz CT molecular complexity index is 1230. The van der Waals surface area contributed by atoms with Crippen LogP contribution in [0.4, 0.5) is 0 Å². The molecule has 1 aliphatic carbocycles. The van der Waals surface area contributed by atoms with Crippen molar-refractivity contribution in [1.82, 2.24) is 20.2 Å². The molecule has 1 fully saturated rings. The van der Waals surface area contributed by atoms with Gasteiger partial charge in [-0.15, -0.1) is 11.3 Å². The van der Waals surface area contributed by atoms with E-state index < -0.39 is 6.04 Å². The monoisotopic (exact) mass is 566 g/mol. The van der Waals surface area contributed by atoms with Crippen molar-refractivity contribution in [3.05, 3.63) is 52.0 Å². The minimum Gasteiger partial charge on any atom is -0.381 e. The summed E-state index contributed by atoms with van der Waals surface area (Å²) in [5.41, 5.74) is 2.40. The maximum absolute atomic E-state index is 13.4. The van der Waals surface area contributed by atoms with E-state index in [1.54, 1.807) is 11.3 Å². The first-order chi connectivity index (χ1) is 19.4. The lowest BCUT2D eigenvalue weighted by Crippen LogP contribution is -2.47. The molecule has 7 nitrogen and oxygen atoms in total. The highest BCUT2D eigenvalue weighted by atomic mass is 32.1. The SMILES string of the molecule is CCC(CC)n1c(Cc2cccs2)nc2cc(C(=O)NC(CCC(C)C)C(=O)NCCCOCC3CC3)ccc21. The van der Waals surface area contributed by atoms with Gasteiger partial charge >= 0.3 is 0 Å². The van der Waals surface area contributed by atoms with E-state index in [1.807, 2.05) is 18.2 Å². The van der Waals surface area contributed by atoms with Crippen molar-refractivity contribution >= 4 is 34.2 Å². The third-order valence-corrected chi connectivity index (χ3v) is 8.59. The standard InChI is InChI=1S/C32H46N4O3S/c1-5-25(6-2)36-29-15-13-24(19-28(29)34-30(36)20-26-9-7-18-40-26)31(37)35-27(14-10-22(3)4)32(38)33-16-8-17-39-21-23-11-12-23/h7,9,13,15,18-19,22-23,25,27H,5-6,8,10-12,14,16-17,20-21H2,1-4H3,(H,33,38)(H,35,37). The third-order valence-electron chi connectivity index (χ3n) is 7.71. The lowest BCUT2D eigenvalue weighted by atomic mass is 10.0. The number of carbonyl (C=O) groups excluding carboxylic acids is 2. The van der Waals surface area contributed by atoms with E-state index >= 15 is 0 Å². The van der Waals surface area contributed by atoms with Gasteiger partial charge in [-0.2, -0.15) is 0 Å². The van der Waals surface area contributed by atoms with Gasteiger partial charge in [-0.25, -0.2) is 4.98 Å². The molecule has 1 aromatic carbocycles. The Morgan fingerprint density at radius 3 is 2.62 bits per heavy atom. The first-order valence-corrected chi connectivity index (χ1v) is 16.0. The predicted octanol–water partition coefficient (Wildman–Crippen LogP) is 6.52. The number of nitrogens with one attached hydrogen (secondary N) is 2. The fraction of sp³-hybridized carbons (Fsp3) is 0.594. The molecule has 0 radical (unpaired) electrons. The average Bonchev–Trinajstić information content (AvgIpc) is 3.50. The summed E-state index contributed by atoms with van der Waals surface area (Å²) in [5, 5.41) is 8.12. The van der Waals surface area contributed by atoms with Gasteiger partial charge in [0.05, 0.1) is 11.0 Å². The molecule has 0 aliphatic heterocycles. The number of rotatable bonds is 17. The summed E-state index contributed by atoms with van der Waals surface area (Å²) in [6.07, 6.45) is 7.58. The van der Waals surface area contributed by atoms with Gasteiger partial charge in [0.15, 0.2) is 0 Å². The quantitative estimate of drug-likeness (QED) is 0.182. The van der Waals surface area contributed by atoms with Gasteiger partial charge in [0, 0.05) is 42.7 Å². The minimum absolute atomic E-state index is 0.131. The lowest BCUT2D eigenvalue weighted by Gasteiger charge is -2.20. The van der Waals surface area contributed by atoms with E-state index in [9.17, 15) is 9.59 Å². The molecule has 1 unspecified atom stereocenters. The molecule has 3 aromatic rings. The molecular formula is C32H46N4O3S. The van der Waals surface area contributed by atoms with E-state index in [0.717, 1.165) is 61.5 Å². The number of nitrogens with zero attached hydrogens (tertiary/aromatic N) is 2. The number of imidazole rings is 1. The van der Waals surface area contributed by atoms with Gasteiger partial charge in [-0.05, 0) is 86.4 Å². The Hall–Kier alpha value is -2.71. The number of aromatic nitrogens is 2. The van der Waals surface area contributed by atoms with Crippen molar-refractivity contribution in [3.8, 4) is 0 Å². The van der Waals surface area contributed by atoms with Crippen LogP contribution in [0.1, 0.15) is 99.7 Å². The van der Waals surface area contributed by atoms with Crippen LogP contribution >= 0.6 is 11.3 Å². The molecule has 4 rings (SSSR count). The van der Waals surface area contributed by atoms with E-state index in [-0.39, 0.29) is 11.8 Å². The van der Waals surface area contributed by atoms with Gasteiger partial charge in [0.25, 0.3) is 5.91 Å². The van der Waals surface area contributed by atoms with Crippen LogP contribution in [0.25, 0.3) is 11.0 Å². The lowest BCUT2D eigenvalue weighted by molar-refractivity contribution is -0.123. The molecule has 0 bridgehead atoms. The van der Waals surface area contributed by atoms with Crippen molar-refractivity contribution < 1.29 is 14.3 Å². The summed E-state index contributed by atoms with van der Waals surface area (Å²) in [6.45, 7) is 10.7. The highest BCUT2D eigenvalue weighted by molar-refractivity contribution is 7.09. The molecule has 2 amide bonds. The molecule has 2 N–H and O–H groups in total. The number of carbonyl (C=O) groups is 2. The first-order valence-electron chi connectivity index (χ1n) is 15.1. The topological polar surface area (TPSA) is 85.2 Å². The van der Waals surface area contributed by atoms with E-state index in [2.05, 4.69) is 60.4 Å². The van der Waals surface area contributed by atoms with E-state index in [4.69, 9.17) is 9.72 Å². The van der Waals surface area contributed by atoms with Gasteiger partial charge in [0.2, 0.25) is 5.91 Å². The fourth-order valence-corrected chi connectivity index (χ4v) is 5.80. The Morgan fingerprint density at radius 2 is 1.95 bits per heavy atom. The molecule has 2 heterocycles. The number of thiophene rings is 1. The Kier molecular flexibility index (Phi) is 11.2. The van der Waals surface area contributed by atoms with Gasteiger partial charge < -0.3 is 19.9 Å². The Labute approximate surface area is 243 Å². The zero-order chi connectivity index (χ0) is 28.5. The maximum Gasteiger partial charge on any atom is 0.252 e. The van der Waals surface area contributed by atoms with Gasteiger partial charge in [-0.1, -0.05) is 33.8 Å². The first kappa shape index (κ1) is 30.3. The van der Waals surface area contributed by atoms with Gasteiger partial charge in [0.1, 0.15) is 11.9 Å². The summed E-state index contributed by atoms with van der Waals surface area (Å²) >= 11 is 1.74. The Morgan fingerprint density at radius 1 is 1.15 bits per heavy atom. The minimum atomic E-state index is -0.575. The molecule has 8 heteroatoms. The third kappa shape index (κ3) is 8.40. The summed E-state index contributed by atoms with van der Waals surface area (Å²) in [4.78, 5) is 32.7. The van der Waals surface area contributed by atoms with Crippen LogP contribution in [0.3, 0.4) is 0 Å². The van der Waals surface area contributed by atoms with Crippen LogP contribution < -0.4 is 10.6 Å². The smallest absolute Gasteiger partial charge is 0.252 e. The molecule has 1 saturated carbocycles. The normalized spacial score (nSPS) is 14.2. The zero-order valence-corrected chi connectivity index (χ0v) is 25.4. The molecule has 1 atom stereocenters. The molecule has 0 spiro atoms. The molecular weight excluding hydrogens is 520 g/mol. The molecule has 40 heavy (non-hydrogen) atoms. The van der Waals surface area contributed by atoms with Crippen LogP contribution in [-0.2, 0) is 16.0 Å². The predicted molar refractivity (Wildman–Crippen MR) is 163 cm³/mol. The highest BCUT2D eigenvalue weighted by Crippen LogP contribution is 2.29. The maximum atomic E-state index is 13.4. The van der Waals surface area contributed by atoms with E-state index in [1.165, 1.54) is 17.7 Å². The van der Waals surface area contributed by atoms with Crippen molar-refractivity contribution in [2.24, 2.45) is 11.8 Å². The summed E-state index contributed by atoms with van der Waals surface area (Å²) in [6, 6.07) is 9.73. The molecule has 2 aromatic heterocycles. The second kappa shape index (κ2) is 14.8. The van der Waals surface area contributed by atoms with Crippen molar-refractivity contribution in [3.63, 3.8) is 0 Å². The largest absolute Gasteiger partial charge is 0.381 e. The molecule has 218 valence electrons. The van der Waals surface area contributed by atoms with Crippen molar-refractivity contribution in [1.29, 1.82) is 0 Å². The summed E-state index contributed by atoms with van der Waals surface area (Å²) in [5.74, 6) is 1.84. The second-order valence-corrected chi connectivity index (χ2v) is 12.5.